The van der Waals surface area contributed by atoms with Gasteiger partial charge in [-0.15, -0.1) is 0 Å². The number of ketones is 1. The molecule has 0 bridgehead atoms. The molecular weight excluding hydrogens is 176 g/mol. The minimum absolute atomic E-state index is 0.139. The molecule has 0 spiro atoms. The van der Waals surface area contributed by atoms with E-state index < -0.39 is 0 Å². The number of nitrogens with one attached hydrogen (secondary N) is 1. The van der Waals surface area contributed by atoms with Crippen molar-refractivity contribution in [3.63, 3.8) is 0 Å². The number of carbonyl (C=O) groups is 1. The molecule has 14 heavy (non-hydrogen) atoms. The summed E-state index contributed by atoms with van der Waals surface area (Å²) in [6.07, 6.45) is 10.9. The highest BCUT2D eigenvalue weighted by molar-refractivity contribution is 6.08. The van der Waals surface area contributed by atoms with Crippen LogP contribution in [0, 0.1) is 0 Å². The Kier molecular flexibility index (Phi) is 2.77. The van der Waals surface area contributed by atoms with Gasteiger partial charge in [0, 0.05) is 6.20 Å². The van der Waals surface area contributed by atoms with Crippen LogP contribution >= 0.6 is 0 Å². The molecule has 1 aliphatic carbocycles. The van der Waals surface area contributed by atoms with Gasteiger partial charge in [-0.3, -0.25) is 9.89 Å². The fraction of sp³-hybridized carbons (Fsp3) is 0.455. The summed E-state index contributed by atoms with van der Waals surface area (Å²) in [4.78, 5) is 11.9. The van der Waals surface area contributed by atoms with Crippen LogP contribution in [0.15, 0.2) is 24.0 Å². The number of H-pyrrole nitrogens is 1. The Morgan fingerprint density at radius 1 is 1.36 bits per heavy atom. The lowest BCUT2D eigenvalue weighted by Crippen LogP contribution is -2.01. The highest BCUT2D eigenvalue weighted by Crippen LogP contribution is 2.20. The zero-order chi connectivity index (χ0) is 9.80. The number of carbonyl (C=O) groups excluding carboxylic acids is 1. The average molecular weight is 190 g/mol. The Hall–Kier alpha value is -1.38. The molecule has 0 saturated carbocycles. The maximum absolute atomic E-state index is 11.9. The van der Waals surface area contributed by atoms with Gasteiger partial charge in [0.2, 0.25) is 0 Å². The summed E-state index contributed by atoms with van der Waals surface area (Å²) in [5.41, 5.74) is 1.64. The third kappa shape index (κ3) is 1.92. The summed E-state index contributed by atoms with van der Waals surface area (Å²) in [5.74, 6) is 0.139. The molecule has 3 nitrogen and oxygen atoms in total. The zero-order valence-corrected chi connectivity index (χ0v) is 8.12. The van der Waals surface area contributed by atoms with Crippen LogP contribution in [0.2, 0.25) is 0 Å². The summed E-state index contributed by atoms with van der Waals surface area (Å²) >= 11 is 0. The van der Waals surface area contributed by atoms with Crippen molar-refractivity contribution in [2.24, 2.45) is 0 Å². The first-order chi connectivity index (χ1) is 6.88. The number of hydrogen-bond acceptors (Lipinski definition) is 2. The first kappa shape index (κ1) is 9.19. The Morgan fingerprint density at radius 3 is 3.07 bits per heavy atom. The van der Waals surface area contributed by atoms with Gasteiger partial charge >= 0.3 is 0 Å². The maximum atomic E-state index is 11.9. The standard InChI is InChI=1S/C11H14N2O/c14-11(10-7-12-13-8-10)9-5-3-1-2-4-6-9/h5,7-8H,1-4,6H2,(H,12,13). The molecule has 1 heterocycles. The van der Waals surface area contributed by atoms with Gasteiger partial charge in [-0.2, -0.15) is 5.10 Å². The molecule has 2 rings (SSSR count). The van der Waals surface area contributed by atoms with Crippen LogP contribution in [0.3, 0.4) is 0 Å². The van der Waals surface area contributed by atoms with Gasteiger partial charge in [0.15, 0.2) is 5.78 Å². The smallest absolute Gasteiger partial charge is 0.191 e. The molecule has 0 saturated heterocycles. The van der Waals surface area contributed by atoms with E-state index in [9.17, 15) is 4.79 Å². The molecule has 1 aromatic heterocycles. The van der Waals surface area contributed by atoms with Crippen molar-refractivity contribution in [1.82, 2.24) is 10.2 Å². The number of nitrogens with zero attached hydrogens (tertiary/aromatic N) is 1. The van der Waals surface area contributed by atoms with E-state index in [1.54, 1.807) is 12.4 Å². The zero-order valence-electron chi connectivity index (χ0n) is 8.12. The number of hydrogen-bond donors (Lipinski definition) is 1. The quantitative estimate of drug-likeness (QED) is 0.728. The van der Waals surface area contributed by atoms with Gasteiger partial charge in [-0.05, 0) is 31.3 Å². The van der Waals surface area contributed by atoms with Gasteiger partial charge < -0.3 is 0 Å². The van der Waals surface area contributed by atoms with Crippen LogP contribution in [0.5, 0.6) is 0 Å². The maximum Gasteiger partial charge on any atom is 0.191 e. The first-order valence-electron chi connectivity index (χ1n) is 5.10. The lowest BCUT2D eigenvalue weighted by Gasteiger charge is -2.00. The van der Waals surface area contributed by atoms with Crippen LogP contribution in [-0.2, 0) is 0 Å². The third-order valence-electron chi connectivity index (χ3n) is 2.59. The molecule has 0 unspecified atom stereocenters. The van der Waals surface area contributed by atoms with E-state index in [2.05, 4.69) is 16.3 Å². The number of allylic oxidation sites excluding steroid dienone is 2. The topological polar surface area (TPSA) is 45.8 Å². The Labute approximate surface area is 83.2 Å². The molecule has 1 aliphatic rings. The summed E-state index contributed by atoms with van der Waals surface area (Å²) < 4.78 is 0. The minimum atomic E-state index is 0.139. The fourth-order valence-electron chi connectivity index (χ4n) is 1.78. The van der Waals surface area contributed by atoms with Gasteiger partial charge in [0.1, 0.15) is 0 Å². The third-order valence-corrected chi connectivity index (χ3v) is 2.59. The lowest BCUT2D eigenvalue weighted by molar-refractivity contribution is 0.103. The van der Waals surface area contributed by atoms with Gasteiger partial charge in [0.05, 0.1) is 11.8 Å². The molecule has 0 amide bonds. The molecule has 74 valence electrons. The largest absolute Gasteiger partial charge is 0.289 e. The van der Waals surface area contributed by atoms with Crippen molar-refractivity contribution < 1.29 is 4.79 Å². The van der Waals surface area contributed by atoms with Gasteiger partial charge in [0.25, 0.3) is 0 Å². The van der Waals surface area contributed by atoms with Crippen LogP contribution in [0.4, 0.5) is 0 Å². The van der Waals surface area contributed by atoms with Gasteiger partial charge in [-0.25, -0.2) is 0 Å². The monoisotopic (exact) mass is 190 g/mol. The van der Waals surface area contributed by atoms with E-state index in [1.807, 2.05) is 0 Å². The molecule has 0 radical (unpaired) electrons. The van der Waals surface area contributed by atoms with Crippen LogP contribution in [0.25, 0.3) is 0 Å². The molecule has 1 N–H and O–H groups in total. The Bertz CT molecular complexity index is 338. The van der Waals surface area contributed by atoms with E-state index in [0.717, 1.165) is 24.8 Å². The van der Waals surface area contributed by atoms with Crippen LogP contribution in [0.1, 0.15) is 42.5 Å². The molecule has 1 aromatic rings. The van der Waals surface area contributed by atoms with Crippen molar-refractivity contribution in [1.29, 1.82) is 0 Å². The summed E-state index contributed by atoms with van der Waals surface area (Å²) in [6, 6.07) is 0. The second-order valence-electron chi connectivity index (χ2n) is 3.64. The van der Waals surface area contributed by atoms with Crippen LogP contribution in [-0.4, -0.2) is 16.0 Å². The molecule has 3 heteroatoms. The SMILES string of the molecule is O=C(C1=CCCCCC1)c1cn[nH]c1. The highest BCUT2D eigenvalue weighted by Gasteiger charge is 2.13. The fourth-order valence-corrected chi connectivity index (χ4v) is 1.78. The van der Waals surface area contributed by atoms with E-state index in [0.29, 0.717) is 5.56 Å². The van der Waals surface area contributed by atoms with E-state index in [4.69, 9.17) is 0 Å². The second kappa shape index (κ2) is 4.22. The highest BCUT2D eigenvalue weighted by atomic mass is 16.1. The predicted octanol–water partition coefficient (Wildman–Crippen LogP) is 2.48. The average Bonchev–Trinajstić information content (AvgIpc) is 2.59. The molecule has 0 atom stereocenters. The second-order valence-corrected chi connectivity index (χ2v) is 3.64. The van der Waals surface area contributed by atoms with Gasteiger partial charge in [-0.1, -0.05) is 12.5 Å². The summed E-state index contributed by atoms with van der Waals surface area (Å²) in [6.45, 7) is 0. The van der Waals surface area contributed by atoms with Crippen molar-refractivity contribution in [3.8, 4) is 0 Å². The van der Waals surface area contributed by atoms with Crippen molar-refractivity contribution >= 4 is 5.78 Å². The van der Waals surface area contributed by atoms with E-state index >= 15 is 0 Å². The number of Topliss-reactive ketones (excluding diaryl/α,β-unsaturated/α-hetero) is 1. The normalized spacial score (nSPS) is 17.3. The summed E-state index contributed by atoms with van der Waals surface area (Å²) in [5, 5.41) is 6.46. The molecular formula is C11H14N2O. The summed E-state index contributed by atoms with van der Waals surface area (Å²) in [7, 11) is 0. The molecule has 0 aliphatic heterocycles. The molecule has 0 aromatic carbocycles. The first-order valence-corrected chi connectivity index (χ1v) is 5.10. The number of rotatable bonds is 2. The van der Waals surface area contributed by atoms with Crippen LogP contribution < -0.4 is 0 Å². The van der Waals surface area contributed by atoms with Crippen molar-refractivity contribution in [2.75, 3.05) is 0 Å². The van der Waals surface area contributed by atoms with E-state index in [-0.39, 0.29) is 5.78 Å². The van der Waals surface area contributed by atoms with Crippen molar-refractivity contribution in [2.45, 2.75) is 32.1 Å². The Balaban J connectivity index is 2.14. The lowest BCUT2D eigenvalue weighted by atomic mass is 10.0. The number of aromatic amines is 1. The Morgan fingerprint density at radius 2 is 2.29 bits per heavy atom. The number of aromatic nitrogens is 2. The van der Waals surface area contributed by atoms with Crippen molar-refractivity contribution in [3.05, 3.63) is 29.6 Å². The molecule has 0 fully saturated rings. The predicted molar refractivity (Wildman–Crippen MR) is 54.1 cm³/mol. The van der Waals surface area contributed by atoms with E-state index in [1.165, 1.54) is 12.8 Å². The minimum Gasteiger partial charge on any atom is -0.289 e.